The molecule has 12 heavy (non-hydrogen) atoms. The van der Waals surface area contributed by atoms with Crippen LogP contribution in [0.4, 0.5) is 0 Å². The van der Waals surface area contributed by atoms with Crippen LogP contribution in [0.2, 0.25) is 0 Å². The predicted octanol–water partition coefficient (Wildman–Crippen LogP) is 3.54. The van der Waals surface area contributed by atoms with Gasteiger partial charge in [0.05, 0.1) is 0 Å². The third-order valence-electron chi connectivity index (χ3n) is 1.71. The van der Waals surface area contributed by atoms with Crippen molar-refractivity contribution < 1.29 is 0 Å². The lowest BCUT2D eigenvalue weighted by molar-refractivity contribution is 1.44. The normalized spacial score (nSPS) is 10.8. The Morgan fingerprint density at radius 2 is 2.17 bits per heavy atom. The Kier molecular flexibility index (Phi) is 2.33. The molecular weight excluding hydrogens is 186 g/mol. The van der Waals surface area contributed by atoms with Crippen LogP contribution in [-0.2, 0) is 0 Å². The van der Waals surface area contributed by atoms with Gasteiger partial charge in [-0.05, 0) is 29.8 Å². The van der Waals surface area contributed by atoms with Crippen LogP contribution in [-0.4, -0.2) is 11.2 Å². The average Bonchev–Trinajstić information content (AvgIpc) is 2.51. The Morgan fingerprint density at radius 3 is 3.00 bits per heavy atom. The molecule has 0 fully saturated rings. The zero-order valence-electron chi connectivity index (χ0n) is 6.70. The lowest BCUT2D eigenvalue weighted by Gasteiger charge is -1.96. The molecule has 2 rings (SSSR count). The van der Waals surface area contributed by atoms with Gasteiger partial charge < -0.3 is 4.98 Å². The molecule has 0 bridgehead atoms. The van der Waals surface area contributed by atoms with Crippen molar-refractivity contribution >= 4 is 32.5 Å². The van der Waals surface area contributed by atoms with E-state index in [0.717, 1.165) is 0 Å². The van der Waals surface area contributed by atoms with E-state index in [1.165, 1.54) is 15.8 Å². The maximum atomic E-state index is 3.20. The van der Waals surface area contributed by atoms with Gasteiger partial charge in [0.15, 0.2) is 0 Å². The number of fused-ring (bicyclic) bond motifs is 1. The molecule has 0 saturated heterocycles. The van der Waals surface area contributed by atoms with E-state index in [0.29, 0.717) is 0 Å². The van der Waals surface area contributed by atoms with Crippen LogP contribution in [0.3, 0.4) is 0 Å². The first-order valence-electron chi connectivity index (χ1n) is 3.68. The first kappa shape index (κ1) is 8.08. The van der Waals surface area contributed by atoms with Crippen molar-refractivity contribution in [1.82, 2.24) is 4.98 Å². The minimum Gasteiger partial charge on any atom is -0.361 e. The number of hydrogen-bond acceptors (Lipinski definition) is 2. The van der Waals surface area contributed by atoms with E-state index in [9.17, 15) is 0 Å². The molecule has 1 N–H and O–H groups in total. The molecule has 3 heteroatoms. The van der Waals surface area contributed by atoms with Gasteiger partial charge in [-0.2, -0.15) is 0 Å². The molecule has 0 atom stereocenters. The number of aromatic nitrogens is 1. The SMILES string of the molecule is CSSc1ccc2cc[nH]c2c1. The summed E-state index contributed by atoms with van der Waals surface area (Å²) in [5, 5.41) is 1.28. The van der Waals surface area contributed by atoms with E-state index in [1.807, 2.05) is 6.20 Å². The second-order valence-electron chi connectivity index (χ2n) is 2.48. The summed E-state index contributed by atoms with van der Waals surface area (Å²) >= 11 is 0. The summed E-state index contributed by atoms with van der Waals surface area (Å²) in [4.78, 5) is 4.50. The van der Waals surface area contributed by atoms with Crippen LogP contribution in [0.15, 0.2) is 35.4 Å². The molecule has 0 spiro atoms. The first-order chi connectivity index (χ1) is 5.90. The zero-order valence-corrected chi connectivity index (χ0v) is 8.34. The van der Waals surface area contributed by atoms with Gasteiger partial charge in [-0.15, -0.1) is 0 Å². The van der Waals surface area contributed by atoms with Crippen LogP contribution in [0.5, 0.6) is 0 Å². The second kappa shape index (κ2) is 3.46. The molecule has 1 heterocycles. The molecule has 2 aromatic rings. The fourth-order valence-corrected chi connectivity index (χ4v) is 2.55. The quantitative estimate of drug-likeness (QED) is 0.738. The summed E-state index contributed by atoms with van der Waals surface area (Å²) in [5.41, 5.74) is 1.22. The highest BCUT2D eigenvalue weighted by molar-refractivity contribution is 8.76. The Labute approximate surface area is 79.3 Å². The third-order valence-corrected chi connectivity index (χ3v) is 3.40. The topological polar surface area (TPSA) is 15.8 Å². The fraction of sp³-hybridized carbons (Fsp3) is 0.111. The fourth-order valence-electron chi connectivity index (χ4n) is 1.18. The van der Waals surface area contributed by atoms with Crippen molar-refractivity contribution in [3.8, 4) is 0 Å². The number of H-pyrrole nitrogens is 1. The van der Waals surface area contributed by atoms with E-state index in [2.05, 4.69) is 35.5 Å². The molecule has 1 aromatic carbocycles. The number of rotatable bonds is 2. The van der Waals surface area contributed by atoms with Crippen LogP contribution in [0.25, 0.3) is 10.9 Å². The van der Waals surface area contributed by atoms with E-state index >= 15 is 0 Å². The van der Waals surface area contributed by atoms with E-state index < -0.39 is 0 Å². The minimum absolute atomic E-state index is 1.22. The van der Waals surface area contributed by atoms with Gasteiger partial charge in [0.1, 0.15) is 0 Å². The van der Waals surface area contributed by atoms with E-state index in [1.54, 1.807) is 21.6 Å². The van der Waals surface area contributed by atoms with Gasteiger partial charge >= 0.3 is 0 Å². The summed E-state index contributed by atoms with van der Waals surface area (Å²) in [6.07, 6.45) is 4.06. The smallest absolute Gasteiger partial charge is 0.0465 e. The monoisotopic (exact) mass is 195 g/mol. The number of hydrogen-bond donors (Lipinski definition) is 1. The Hall–Kier alpha value is -0.540. The number of benzene rings is 1. The largest absolute Gasteiger partial charge is 0.361 e. The van der Waals surface area contributed by atoms with Gasteiger partial charge in [-0.25, -0.2) is 0 Å². The molecule has 0 unspecified atom stereocenters. The standard InChI is InChI=1S/C9H9NS2/c1-11-12-8-3-2-7-4-5-10-9(7)6-8/h2-6,10H,1H3. The van der Waals surface area contributed by atoms with E-state index in [-0.39, 0.29) is 0 Å². The summed E-state index contributed by atoms with van der Waals surface area (Å²) in [6, 6.07) is 8.56. The average molecular weight is 195 g/mol. The van der Waals surface area contributed by atoms with Crippen molar-refractivity contribution in [3.05, 3.63) is 30.5 Å². The highest BCUT2D eigenvalue weighted by Gasteiger charge is 1.96. The van der Waals surface area contributed by atoms with Crippen LogP contribution >= 0.6 is 21.6 Å². The van der Waals surface area contributed by atoms with Gasteiger partial charge in [0.2, 0.25) is 0 Å². The van der Waals surface area contributed by atoms with Crippen LogP contribution in [0, 0.1) is 0 Å². The van der Waals surface area contributed by atoms with Crippen molar-refractivity contribution in [2.75, 3.05) is 6.26 Å². The van der Waals surface area contributed by atoms with Crippen molar-refractivity contribution in [2.45, 2.75) is 4.90 Å². The maximum absolute atomic E-state index is 3.20. The molecular formula is C9H9NS2. The molecule has 0 aliphatic heterocycles. The van der Waals surface area contributed by atoms with Crippen molar-refractivity contribution in [1.29, 1.82) is 0 Å². The minimum atomic E-state index is 1.22. The molecule has 0 aliphatic rings. The molecule has 1 nitrogen and oxygen atoms in total. The lowest BCUT2D eigenvalue weighted by Crippen LogP contribution is -1.69. The highest BCUT2D eigenvalue weighted by atomic mass is 33.1. The van der Waals surface area contributed by atoms with Gasteiger partial charge in [0, 0.05) is 16.6 Å². The highest BCUT2D eigenvalue weighted by Crippen LogP contribution is 2.30. The summed E-state index contributed by atoms with van der Waals surface area (Å²) in [7, 11) is 3.56. The summed E-state index contributed by atoms with van der Waals surface area (Å²) in [6.45, 7) is 0. The van der Waals surface area contributed by atoms with Crippen LogP contribution < -0.4 is 0 Å². The summed E-state index contributed by atoms with van der Waals surface area (Å²) in [5.74, 6) is 0. The number of aromatic amines is 1. The number of nitrogens with one attached hydrogen (secondary N) is 1. The molecule has 0 amide bonds. The molecule has 0 aliphatic carbocycles. The molecule has 0 saturated carbocycles. The predicted molar refractivity (Wildman–Crippen MR) is 57.7 cm³/mol. The molecule has 62 valence electrons. The lowest BCUT2D eigenvalue weighted by atomic mass is 10.2. The van der Waals surface area contributed by atoms with Crippen molar-refractivity contribution in [3.63, 3.8) is 0 Å². The Bertz CT molecular complexity index is 381. The van der Waals surface area contributed by atoms with Gasteiger partial charge in [0.25, 0.3) is 0 Å². The second-order valence-corrected chi connectivity index (χ2v) is 4.95. The Morgan fingerprint density at radius 1 is 1.25 bits per heavy atom. The molecule has 0 radical (unpaired) electrons. The Balaban J connectivity index is 2.46. The first-order valence-corrected chi connectivity index (χ1v) is 6.24. The third kappa shape index (κ3) is 1.47. The van der Waals surface area contributed by atoms with Gasteiger partial charge in [-0.1, -0.05) is 27.7 Å². The van der Waals surface area contributed by atoms with E-state index in [4.69, 9.17) is 0 Å². The summed E-state index contributed by atoms with van der Waals surface area (Å²) < 4.78 is 0. The zero-order chi connectivity index (χ0) is 8.39. The maximum Gasteiger partial charge on any atom is 0.0465 e. The van der Waals surface area contributed by atoms with Gasteiger partial charge in [-0.3, -0.25) is 0 Å². The van der Waals surface area contributed by atoms with Crippen molar-refractivity contribution in [2.24, 2.45) is 0 Å². The van der Waals surface area contributed by atoms with Crippen LogP contribution in [0.1, 0.15) is 0 Å². The molecule has 1 aromatic heterocycles.